The summed E-state index contributed by atoms with van der Waals surface area (Å²) in [5.41, 5.74) is 7.42. The first-order chi connectivity index (χ1) is 9.47. The fourth-order valence-electron chi connectivity index (χ4n) is 2.42. The Hall–Kier alpha value is -1.40. The summed E-state index contributed by atoms with van der Waals surface area (Å²) in [7, 11) is 0. The summed E-state index contributed by atoms with van der Waals surface area (Å²) < 4.78 is 28.8. The van der Waals surface area contributed by atoms with Gasteiger partial charge in [0.1, 0.15) is 5.75 Å². The van der Waals surface area contributed by atoms with Crippen LogP contribution in [0.15, 0.2) is 18.2 Å². The molecule has 1 aliphatic rings. The maximum absolute atomic E-state index is 12.2. The molecule has 21 heavy (non-hydrogen) atoms. The van der Waals surface area contributed by atoms with Crippen molar-refractivity contribution in [2.24, 2.45) is 5.73 Å². The number of nitrogens with two attached hydrogens (primary N) is 1. The van der Waals surface area contributed by atoms with Gasteiger partial charge in [-0.25, -0.2) is 0 Å². The number of alkyl halides is 2. The van der Waals surface area contributed by atoms with E-state index in [-0.39, 0.29) is 30.1 Å². The Balaban J connectivity index is 0.00000220. The van der Waals surface area contributed by atoms with Crippen molar-refractivity contribution >= 4 is 18.3 Å². The molecule has 118 valence electrons. The van der Waals surface area contributed by atoms with E-state index < -0.39 is 12.7 Å². The maximum atomic E-state index is 12.2. The highest BCUT2D eigenvalue weighted by molar-refractivity contribution is 5.85. The van der Waals surface area contributed by atoms with Crippen molar-refractivity contribution in [3.8, 4) is 5.75 Å². The minimum Gasteiger partial charge on any atom is -0.435 e. The van der Waals surface area contributed by atoms with Gasteiger partial charge in [-0.05, 0) is 49.4 Å². The van der Waals surface area contributed by atoms with Crippen molar-refractivity contribution in [3.63, 3.8) is 0 Å². The largest absolute Gasteiger partial charge is 0.435 e. The number of benzene rings is 1. The molecule has 0 radical (unpaired) electrons. The molecule has 0 spiro atoms. The molecule has 1 aromatic carbocycles. The van der Waals surface area contributed by atoms with Crippen molar-refractivity contribution in [3.05, 3.63) is 29.3 Å². The summed E-state index contributed by atoms with van der Waals surface area (Å²) in [4.78, 5) is 11.7. The van der Waals surface area contributed by atoms with E-state index in [4.69, 9.17) is 5.73 Å². The van der Waals surface area contributed by atoms with Crippen LogP contribution in [0.25, 0.3) is 0 Å². The van der Waals surface area contributed by atoms with Gasteiger partial charge < -0.3 is 15.8 Å². The fourth-order valence-corrected chi connectivity index (χ4v) is 2.42. The van der Waals surface area contributed by atoms with Crippen molar-refractivity contribution in [2.45, 2.75) is 44.9 Å². The van der Waals surface area contributed by atoms with E-state index in [1.807, 2.05) is 0 Å². The van der Waals surface area contributed by atoms with Crippen LogP contribution in [-0.4, -0.2) is 18.6 Å². The number of fused-ring (bicyclic) bond motifs is 1. The van der Waals surface area contributed by atoms with Gasteiger partial charge in [0, 0.05) is 0 Å². The summed E-state index contributed by atoms with van der Waals surface area (Å²) in [6.07, 6.45) is 2.50. The second-order valence-electron chi connectivity index (χ2n) is 4.98. The topological polar surface area (TPSA) is 64.4 Å². The smallest absolute Gasteiger partial charge is 0.387 e. The number of halogens is 3. The van der Waals surface area contributed by atoms with Crippen LogP contribution >= 0.6 is 12.4 Å². The van der Waals surface area contributed by atoms with Crippen LogP contribution in [0.3, 0.4) is 0 Å². The van der Waals surface area contributed by atoms with Gasteiger partial charge in [-0.3, -0.25) is 4.79 Å². The molecule has 0 saturated heterocycles. The van der Waals surface area contributed by atoms with E-state index >= 15 is 0 Å². The molecule has 0 aromatic heterocycles. The Morgan fingerprint density at radius 2 is 2.19 bits per heavy atom. The predicted octanol–water partition coefficient (Wildman–Crippen LogP) is 2.55. The Morgan fingerprint density at radius 3 is 2.81 bits per heavy atom. The van der Waals surface area contributed by atoms with Gasteiger partial charge >= 0.3 is 6.61 Å². The van der Waals surface area contributed by atoms with E-state index in [2.05, 4.69) is 10.1 Å². The lowest BCUT2D eigenvalue weighted by molar-refractivity contribution is -0.122. The highest BCUT2D eigenvalue weighted by Crippen LogP contribution is 2.32. The van der Waals surface area contributed by atoms with E-state index in [1.54, 1.807) is 19.1 Å². The number of carbonyl (C=O) groups is 1. The lowest BCUT2D eigenvalue weighted by Gasteiger charge is -2.27. The Labute approximate surface area is 128 Å². The minimum absolute atomic E-state index is 0. The molecule has 3 N–H and O–H groups in total. The van der Waals surface area contributed by atoms with E-state index in [9.17, 15) is 13.6 Å². The first-order valence-corrected chi connectivity index (χ1v) is 6.61. The summed E-state index contributed by atoms with van der Waals surface area (Å²) in [6, 6.07) is 4.17. The normalized spacial score (nSPS) is 18.4. The SMILES string of the molecule is C[C@H](N)C(=O)NC1CCCc2cc(OC(F)F)ccc21.Cl. The zero-order valence-corrected chi connectivity index (χ0v) is 12.5. The molecular formula is C14H19ClF2N2O2. The summed E-state index contributed by atoms with van der Waals surface area (Å²) >= 11 is 0. The number of rotatable bonds is 4. The van der Waals surface area contributed by atoms with E-state index in [0.717, 1.165) is 30.4 Å². The van der Waals surface area contributed by atoms with Gasteiger partial charge in [-0.2, -0.15) is 8.78 Å². The number of nitrogens with one attached hydrogen (secondary N) is 1. The number of carbonyl (C=O) groups excluding carboxylic acids is 1. The standard InChI is InChI=1S/C14H18F2N2O2.ClH/c1-8(17)13(19)18-12-4-2-3-9-7-10(20-14(15)16)5-6-11(9)12;/h5-8,12,14H,2-4,17H2,1H3,(H,18,19);1H/t8-,12?;/m0./s1. The van der Waals surface area contributed by atoms with E-state index in [1.165, 1.54) is 6.07 Å². The molecule has 1 aromatic rings. The summed E-state index contributed by atoms with van der Waals surface area (Å²) in [5, 5.41) is 2.88. The Kier molecular flexibility index (Phi) is 6.36. The lowest BCUT2D eigenvalue weighted by atomic mass is 9.87. The first kappa shape index (κ1) is 17.7. The Morgan fingerprint density at radius 1 is 1.48 bits per heavy atom. The molecule has 1 aliphatic carbocycles. The molecule has 0 heterocycles. The predicted molar refractivity (Wildman–Crippen MR) is 77.8 cm³/mol. The van der Waals surface area contributed by atoms with Gasteiger partial charge in [0.2, 0.25) is 5.91 Å². The number of hydrogen-bond donors (Lipinski definition) is 2. The van der Waals surface area contributed by atoms with Crippen LogP contribution in [0.2, 0.25) is 0 Å². The quantitative estimate of drug-likeness (QED) is 0.896. The zero-order chi connectivity index (χ0) is 14.7. The van der Waals surface area contributed by atoms with E-state index in [0.29, 0.717) is 0 Å². The number of amides is 1. The van der Waals surface area contributed by atoms with Crippen LogP contribution in [0.4, 0.5) is 8.78 Å². The van der Waals surface area contributed by atoms with Gasteiger partial charge in [0.25, 0.3) is 0 Å². The molecule has 7 heteroatoms. The van der Waals surface area contributed by atoms with Crippen LogP contribution < -0.4 is 15.8 Å². The van der Waals surface area contributed by atoms with Gasteiger partial charge in [-0.1, -0.05) is 6.07 Å². The molecule has 2 atom stereocenters. The van der Waals surface area contributed by atoms with Crippen molar-refractivity contribution in [1.82, 2.24) is 5.32 Å². The zero-order valence-electron chi connectivity index (χ0n) is 11.6. The molecule has 4 nitrogen and oxygen atoms in total. The maximum Gasteiger partial charge on any atom is 0.387 e. The second kappa shape index (κ2) is 7.56. The molecule has 0 fully saturated rings. The van der Waals surface area contributed by atoms with Crippen LogP contribution in [0, 0.1) is 0 Å². The molecule has 1 unspecified atom stereocenters. The average molecular weight is 321 g/mol. The third kappa shape index (κ3) is 4.54. The highest BCUT2D eigenvalue weighted by Gasteiger charge is 2.23. The summed E-state index contributed by atoms with van der Waals surface area (Å²) in [6.45, 7) is -1.20. The fraction of sp³-hybridized carbons (Fsp3) is 0.500. The molecule has 0 saturated carbocycles. The monoisotopic (exact) mass is 320 g/mol. The third-order valence-electron chi connectivity index (χ3n) is 3.38. The van der Waals surface area contributed by atoms with Crippen LogP contribution in [-0.2, 0) is 11.2 Å². The van der Waals surface area contributed by atoms with Gasteiger partial charge in [0.15, 0.2) is 0 Å². The van der Waals surface area contributed by atoms with Gasteiger partial charge in [0.05, 0.1) is 12.1 Å². The Bertz CT molecular complexity index is 498. The third-order valence-corrected chi connectivity index (χ3v) is 3.38. The second-order valence-corrected chi connectivity index (χ2v) is 4.98. The molecule has 2 rings (SSSR count). The van der Waals surface area contributed by atoms with Crippen molar-refractivity contribution < 1.29 is 18.3 Å². The van der Waals surface area contributed by atoms with Gasteiger partial charge in [-0.15, -0.1) is 12.4 Å². The summed E-state index contributed by atoms with van der Waals surface area (Å²) in [5.74, 6) is -0.0614. The molecule has 0 aliphatic heterocycles. The molecular weight excluding hydrogens is 302 g/mol. The average Bonchev–Trinajstić information content (AvgIpc) is 2.37. The number of hydrogen-bond acceptors (Lipinski definition) is 3. The van der Waals surface area contributed by atoms with Crippen molar-refractivity contribution in [2.75, 3.05) is 0 Å². The number of ether oxygens (including phenoxy) is 1. The molecule has 0 bridgehead atoms. The first-order valence-electron chi connectivity index (χ1n) is 6.61. The van der Waals surface area contributed by atoms with Crippen LogP contribution in [0.5, 0.6) is 5.75 Å². The lowest BCUT2D eigenvalue weighted by Crippen LogP contribution is -2.41. The molecule has 1 amide bonds. The van der Waals surface area contributed by atoms with Crippen molar-refractivity contribution in [1.29, 1.82) is 0 Å². The minimum atomic E-state index is -2.83. The van der Waals surface area contributed by atoms with Crippen LogP contribution in [0.1, 0.15) is 36.9 Å². The highest BCUT2D eigenvalue weighted by atomic mass is 35.5. The number of aryl methyl sites for hydroxylation is 1.